The summed E-state index contributed by atoms with van der Waals surface area (Å²) in [6.45, 7) is 8.26. The molecule has 0 saturated carbocycles. The minimum absolute atomic E-state index is 0.190. The smallest absolute Gasteiger partial charge is 0.410 e. The number of ether oxygens (including phenoxy) is 2. The molecule has 3 rings (SSSR count). The number of amides is 1. The highest BCUT2D eigenvalue weighted by atomic mass is 16.6. The van der Waals surface area contributed by atoms with Crippen LogP contribution in [-0.4, -0.2) is 79.7 Å². The molecule has 0 radical (unpaired) electrons. The van der Waals surface area contributed by atoms with Crippen molar-refractivity contribution < 1.29 is 19.4 Å². The van der Waals surface area contributed by atoms with Crippen LogP contribution in [0.2, 0.25) is 0 Å². The highest BCUT2D eigenvalue weighted by Crippen LogP contribution is 2.28. The number of hydrogen-bond acceptors (Lipinski definition) is 8. The number of carbonyl (C=O) groups excluding carboxylic acids is 1. The summed E-state index contributed by atoms with van der Waals surface area (Å²) in [5.74, 6) is 0.856. The third kappa shape index (κ3) is 4.38. The zero-order valence-corrected chi connectivity index (χ0v) is 19.2. The Kier molecular flexibility index (Phi) is 6.28. The van der Waals surface area contributed by atoms with Crippen LogP contribution in [0.4, 0.5) is 10.6 Å². The van der Waals surface area contributed by atoms with Gasteiger partial charge in [-0.05, 0) is 27.7 Å². The van der Waals surface area contributed by atoms with Gasteiger partial charge in [0.15, 0.2) is 5.82 Å². The van der Waals surface area contributed by atoms with Gasteiger partial charge >= 0.3 is 11.8 Å². The standard InChI is InChI=1S/C20H32N6O5/c1-12-8-26(13(11-30-7)9-25(12)19(29)31-20(2,3)4)16-15-17(24(6)18(28)22-16)23(5)14(10-27)21-15/h12-13,27H,8-11H2,1-7H3/t12-,13-/m1/s1. The van der Waals surface area contributed by atoms with Gasteiger partial charge in [-0.1, -0.05) is 0 Å². The third-order valence-corrected chi connectivity index (χ3v) is 5.42. The van der Waals surface area contributed by atoms with E-state index in [-0.39, 0.29) is 24.8 Å². The highest BCUT2D eigenvalue weighted by Gasteiger charge is 2.38. The molecule has 0 bridgehead atoms. The second kappa shape index (κ2) is 8.46. The fourth-order valence-corrected chi connectivity index (χ4v) is 3.93. The van der Waals surface area contributed by atoms with Gasteiger partial charge in [-0.15, -0.1) is 0 Å². The van der Waals surface area contributed by atoms with Crippen molar-refractivity contribution in [2.24, 2.45) is 14.1 Å². The summed E-state index contributed by atoms with van der Waals surface area (Å²) < 4.78 is 14.1. The van der Waals surface area contributed by atoms with Crippen molar-refractivity contribution in [2.45, 2.75) is 52.0 Å². The SMILES string of the molecule is COC[C@H]1CN(C(=O)OC(C)(C)C)[C@H](C)CN1c1nc(=O)n(C)c2c1nc(CO)n2C. The second-order valence-electron chi connectivity index (χ2n) is 8.94. The Hall–Kier alpha value is -2.66. The monoisotopic (exact) mass is 436 g/mol. The Morgan fingerprint density at radius 3 is 2.45 bits per heavy atom. The van der Waals surface area contributed by atoms with E-state index in [1.807, 2.05) is 32.6 Å². The zero-order chi connectivity index (χ0) is 23.1. The number of aromatic nitrogens is 4. The fraction of sp³-hybridized carbons (Fsp3) is 0.700. The van der Waals surface area contributed by atoms with Gasteiger partial charge in [0.2, 0.25) is 0 Å². The van der Waals surface area contributed by atoms with Crippen LogP contribution < -0.4 is 10.6 Å². The third-order valence-electron chi connectivity index (χ3n) is 5.42. The van der Waals surface area contributed by atoms with E-state index in [1.54, 1.807) is 30.7 Å². The molecular formula is C20H32N6O5. The maximum Gasteiger partial charge on any atom is 0.410 e. The van der Waals surface area contributed by atoms with Crippen LogP contribution in [-0.2, 0) is 30.2 Å². The molecule has 0 aliphatic carbocycles. The summed E-state index contributed by atoms with van der Waals surface area (Å²) in [7, 11) is 4.96. The molecule has 0 aromatic carbocycles. The predicted octanol–water partition coefficient (Wildman–Crippen LogP) is 0.620. The van der Waals surface area contributed by atoms with Gasteiger partial charge in [0.1, 0.15) is 29.2 Å². The Balaban J connectivity index is 2.05. The van der Waals surface area contributed by atoms with E-state index in [4.69, 9.17) is 9.47 Å². The van der Waals surface area contributed by atoms with Crippen LogP contribution in [0.1, 0.15) is 33.5 Å². The van der Waals surface area contributed by atoms with E-state index >= 15 is 0 Å². The number of aryl methyl sites for hydroxylation is 2. The van der Waals surface area contributed by atoms with Gasteiger partial charge in [-0.3, -0.25) is 4.57 Å². The molecule has 1 amide bonds. The minimum atomic E-state index is -0.599. The van der Waals surface area contributed by atoms with Crippen molar-refractivity contribution in [2.75, 3.05) is 31.7 Å². The quantitative estimate of drug-likeness (QED) is 0.742. The molecule has 11 nitrogen and oxygen atoms in total. The van der Waals surface area contributed by atoms with Gasteiger partial charge in [-0.2, -0.15) is 4.98 Å². The number of nitrogens with zero attached hydrogens (tertiary/aromatic N) is 6. The van der Waals surface area contributed by atoms with Crippen molar-refractivity contribution in [3.63, 3.8) is 0 Å². The van der Waals surface area contributed by atoms with Crippen LogP contribution in [0.5, 0.6) is 0 Å². The number of rotatable bonds is 4. The molecule has 11 heteroatoms. The number of methoxy groups -OCH3 is 1. The van der Waals surface area contributed by atoms with E-state index in [2.05, 4.69) is 9.97 Å². The van der Waals surface area contributed by atoms with Gasteiger partial charge in [-0.25, -0.2) is 14.6 Å². The molecular weight excluding hydrogens is 404 g/mol. The maximum atomic E-state index is 12.7. The van der Waals surface area contributed by atoms with E-state index in [0.29, 0.717) is 42.5 Å². The molecule has 0 spiro atoms. The van der Waals surface area contributed by atoms with Crippen LogP contribution in [0.3, 0.4) is 0 Å². The Morgan fingerprint density at radius 1 is 1.19 bits per heavy atom. The first-order chi connectivity index (χ1) is 14.5. The van der Waals surface area contributed by atoms with Crippen molar-refractivity contribution in [3.8, 4) is 0 Å². The maximum absolute atomic E-state index is 12.7. The summed E-state index contributed by atoms with van der Waals surface area (Å²) in [6.07, 6.45) is -0.386. The van der Waals surface area contributed by atoms with E-state index in [1.165, 1.54) is 4.57 Å². The van der Waals surface area contributed by atoms with Crippen molar-refractivity contribution >= 4 is 23.1 Å². The Bertz CT molecular complexity index is 1020. The number of aliphatic hydroxyl groups excluding tert-OH is 1. The molecule has 2 atom stereocenters. The van der Waals surface area contributed by atoms with Crippen molar-refractivity contribution in [3.05, 3.63) is 16.3 Å². The summed E-state index contributed by atoms with van der Waals surface area (Å²) in [5.41, 5.74) is 0.0668. The van der Waals surface area contributed by atoms with E-state index in [9.17, 15) is 14.7 Å². The average molecular weight is 437 g/mol. The summed E-state index contributed by atoms with van der Waals surface area (Å²) in [4.78, 5) is 37.8. The van der Waals surface area contributed by atoms with Gasteiger partial charge in [0, 0.05) is 40.3 Å². The molecule has 31 heavy (non-hydrogen) atoms. The van der Waals surface area contributed by atoms with E-state index < -0.39 is 11.3 Å². The zero-order valence-electron chi connectivity index (χ0n) is 19.2. The first-order valence-electron chi connectivity index (χ1n) is 10.3. The molecule has 1 aliphatic heterocycles. The summed E-state index contributed by atoms with van der Waals surface area (Å²) in [5, 5.41) is 9.67. The lowest BCUT2D eigenvalue weighted by atomic mass is 10.1. The number of anilines is 1. The lowest BCUT2D eigenvalue weighted by Crippen LogP contribution is -2.61. The molecule has 1 fully saturated rings. The first-order valence-corrected chi connectivity index (χ1v) is 10.3. The molecule has 1 aliphatic rings. The number of carbonyl (C=O) groups is 1. The Morgan fingerprint density at radius 2 is 1.87 bits per heavy atom. The average Bonchev–Trinajstić information content (AvgIpc) is 3.01. The topological polar surface area (TPSA) is 115 Å². The van der Waals surface area contributed by atoms with Gasteiger partial charge in [0.05, 0.1) is 12.6 Å². The lowest BCUT2D eigenvalue weighted by Gasteiger charge is -2.45. The predicted molar refractivity (Wildman–Crippen MR) is 115 cm³/mol. The molecule has 2 aromatic heterocycles. The molecule has 2 aromatic rings. The highest BCUT2D eigenvalue weighted by molar-refractivity contribution is 5.85. The van der Waals surface area contributed by atoms with Crippen molar-refractivity contribution in [1.82, 2.24) is 24.0 Å². The first kappa shape index (κ1) is 23.0. The van der Waals surface area contributed by atoms with Crippen LogP contribution in [0.15, 0.2) is 4.79 Å². The van der Waals surface area contributed by atoms with Gasteiger partial charge in [0.25, 0.3) is 0 Å². The molecule has 1 saturated heterocycles. The summed E-state index contributed by atoms with van der Waals surface area (Å²) in [6, 6.07) is -0.444. The Labute approximate surface area is 181 Å². The van der Waals surface area contributed by atoms with E-state index in [0.717, 1.165) is 0 Å². The number of hydrogen-bond donors (Lipinski definition) is 1. The largest absolute Gasteiger partial charge is 0.444 e. The van der Waals surface area contributed by atoms with Gasteiger partial charge < -0.3 is 28.9 Å². The number of imidazole rings is 1. The van der Waals surface area contributed by atoms with Crippen LogP contribution in [0, 0.1) is 0 Å². The summed E-state index contributed by atoms with van der Waals surface area (Å²) >= 11 is 0. The number of piperazine rings is 1. The number of fused-ring (bicyclic) bond motifs is 1. The lowest BCUT2D eigenvalue weighted by molar-refractivity contribution is 0.00896. The van der Waals surface area contributed by atoms with Crippen molar-refractivity contribution in [1.29, 1.82) is 0 Å². The normalized spacial score (nSPS) is 19.9. The minimum Gasteiger partial charge on any atom is -0.444 e. The fourth-order valence-electron chi connectivity index (χ4n) is 3.93. The second-order valence-corrected chi connectivity index (χ2v) is 8.94. The molecule has 3 heterocycles. The molecule has 0 unspecified atom stereocenters. The van der Waals surface area contributed by atoms with Crippen LogP contribution >= 0.6 is 0 Å². The number of aliphatic hydroxyl groups is 1. The molecule has 172 valence electrons. The van der Waals surface area contributed by atoms with Crippen LogP contribution in [0.25, 0.3) is 11.2 Å². The molecule has 1 N–H and O–H groups in total.